The standard InChI is InChI=1S/C12H17N3O2/c1-3-13-9-6-11(14(2)10-4-5-10)8-12(7-9)15(16)17/h6-8,10,13H,3-5H2,1-2H3. The highest BCUT2D eigenvalue weighted by atomic mass is 16.6. The maximum atomic E-state index is 10.9. The Morgan fingerprint density at radius 1 is 1.47 bits per heavy atom. The molecule has 0 bridgehead atoms. The van der Waals surface area contributed by atoms with Gasteiger partial charge in [-0.3, -0.25) is 10.1 Å². The summed E-state index contributed by atoms with van der Waals surface area (Å²) in [5, 5.41) is 14.0. The van der Waals surface area contributed by atoms with Gasteiger partial charge in [0.2, 0.25) is 0 Å². The Bertz CT molecular complexity index is 430. The van der Waals surface area contributed by atoms with Crippen LogP contribution in [0.3, 0.4) is 0 Å². The second-order valence-electron chi connectivity index (χ2n) is 4.37. The molecule has 5 nitrogen and oxygen atoms in total. The molecule has 2 rings (SSSR count). The minimum absolute atomic E-state index is 0.144. The Hall–Kier alpha value is -1.78. The molecule has 1 saturated carbocycles. The monoisotopic (exact) mass is 235 g/mol. The van der Waals surface area contributed by atoms with Crippen LogP contribution >= 0.6 is 0 Å². The van der Waals surface area contributed by atoms with E-state index < -0.39 is 0 Å². The largest absolute Gasteiger partial charge is 0.385 e. The molecule has 92 valence electrons. The second kappa shape index (κ2) is 4.61. The van der Waals surface area contributed by atoms with E-state index in [0.29, 0.717) is 6.04 Å². The smallest absolute Gasteiger partial charge is 0.273 e. The van der Waals surface area contributed by atoms with Gasteiger partial charge in [0.05, 0.1) is 4.92 Å². The summed E-state index contributed by atoms with van der Waals surface area (Å²) in [7, 11) is 1.99. The molecular formula is C12H17N3O2. The molecule has 1 aromatic rings. The molecule has 1 fully saturated rings. The Morgan fingerprint density at radius 2 is 2.18 bits per heavy atom. The van der Waals surface area contributed by atoms with E-state index in [1.807, 2.05) is 20.0 Å². The van der Waals surface area contributed by atoms with Gasteiger partial charge in [-0.1, -0.05) is 0 Å². The van der Waals surface area contributed by atoms with Crippen LogP contribution in [-0.4, -0.2) is 24.6 Å². The van der Waals surface area contributed by atoms with Crippen LogP contribution in [0.1, 0.15) is 19.8 Å². The first-order valence-electron chi connectivity index (χ1n) is 5.88. The molecule has 0 aromatic heterocycles. The summed E-state index contributed by atoms with van der Waals surface area (Å²) in [5.74, 6) is 0. The molecule has 0 heterocycles. The van der Waals surface area contributed by atoms with Crippen molar-refractivity contribution in [2.75, 3.05) is 23.8 Å². The maximum Gasteiger partial charge on any atom is 0.273 e. The lowest BCUT2D eigenvalue weighted by Gasteiger charge is -2.19. The van der Waals surface area contributed by atoms with Crippen LogP contribution in [0, 0.1) is 10.1 Å². The highest BCUT2D eigenvalue weighted by Gasteiger charge is 2.27. The Kier molecular flexibility index (Phi) is 3.17. The van der Waals surface area contributed by atoms with Crippen LogP contribution in [0.5, 0.6) is 0 Å². The van der Waals surface area contributed by atoms with Crippen molar-refractivity contribution in [3.63, 3.8) is 0 Å². The number of non-ortho nitro benzene ring substituents is 1. The molecule has 1 aliphatic carbocycles. The highest BCUT2D eigenvalue weighted by molar-refractivity contribution is 5.65. The summed E-state index contributed by atoms with van der Waals surface area (Å²) < 4.78 is 0. The molecule has 0 amide bonds. The predicted molar refractivity (Wildman–Crippen MR) is 68.7 cm³/mol. The van der Waals surface area contributed by atoms with E-state index in [-0.39, 0.29) is 10.6 Å². The molecule has 17 heavy (non-hydrogen) atoms. The van der Waals surface area contributed by atoms with Gasteiger partial charge in [0.15, 0.2) is 0 Å². The SMILES string of the molecule is CCNc1cc(N(C)C2CC2)cc([N+](=O)[O-])c1. The number of rotatable bonds is 5. The molecule has 0 radical (unpaired) electrons. The van der Waals surface area contributed by atoms with Crippen molar-refractivity contribution in [2.24, 2.45) is 0 Å². The quantitative estimate of drug-likeness (QED) is 0.629. The average Bonchev–Trinajstić information content (AvgIpc) is 3.12. The Morgan fingerprint density at radius 3 is 2.71 bits per heavy atom. The van der Waals surface area contributed by atoms with Gasteiger partial charge in [-0.15, -0.1) is 0 Å². The molecule has 0 unspecified atom stereocenters. The third-order valence-corrected chi connectivity index (χ3v) is 3.00. The number of nitrogens with zero attached hydrogens (tertiary/aromatic N) is 2. The van der Waals surface area contributed by atoms with Crippen LogP contribution in [0.15, 0.2) is 18.2 Å². The van der Waals surface area contributed by atoms with Gasteiger partial charge >= 0.3 is 0 Å². The van der Waals surface area contributed by atoms with Gasteiger partial charge in [0.25, 0.3) is 5.69 Å². The Labute approximate surface area is 101 Å². The minimum atomic E-state index is -0.342. The van der Waals surface area contributed by atoms with Gasteiger partial charge in [0.1, 0.15) is 0 Å². The molecular weight excluding hydrogens is 218 g/mol. The van der Waals surface area contributed by atoms with Crippen molar-refractivity contribution in [1.29, 1.82) is 0 Å². The fourth-order valence-corrected chi connectivity index (χ4v) is 1.88. The van der Waals surface area contributed by atoms with Crippen LogP contribution in [0.2, 0.25) is 0 Å². The van der Waals surface area contributed by atoms with E-state index in [2.05, 4.69) is 10.2 Å². The van der Waals surface area contributed by atoms with Crippen molar-refractivity contribution in [3.8, 4) is 0 Å². The maximum absolute atomic E-state index is 10.9. The molecule has 1 aromatic carbocycles. The van der Waals surface area contributed by atoms with Gasteiger partial charge in [-0.05, 0) is 25.8 Å². The third kappa shape index (κ3) is 2.67. The van der Waals surface area contributed by atoms with Crippen LogP contribution in [-0.2, 0) is 0 Å². The fraction of sp³-hybridized carbons (Fsp3) is 0.500. The summed E-state index contributed by atoms with van der Waals surface area (Å²) in [5.41, 5.74) is 1.87. The van der Waals surface area contributed by atoms with E-state index in [1.165, 1.54) is 12.8 Å². The van der Waals surface area contributed by atoms with Gasteiger partial charge in [0, 0.05) is 43.1 Å². The van der Waals surface area contributed by atoms with Crippen molar-refractivity contribution in [3.05, 3.63) is 28.3 Å². The first kappa shape index (κ1) is 11.7. The van der Waals surface area contributed by atoms with E-state index in [9.17, 15) is 10.1 Å². The molecule has 1 aliphatic rings. The van der Waals surface area contributed by atoms with E-state index in [1.54, 1.807) is 12.1 Å². The molecule has 0 spiro atoms. The van der Waals surface area contributed by atoms with Crippen LogP contribution in [0.25, 0.3) is 0 Å². The zero-order valence-electron chi connectivity index (χ0n) is 10.1. The highest BCUT2D eigenvalue weighted by Crippen LogP contribution is 2.33. The first-order valence-corrected chi connectivity index (χ1v) is 5.88. The van der Waals surface area contributed by atoms with Gasteiger partial charge < -0.3 is 10.2 Å². The molecule has 1 N–H and O–H groups in total. The predicted octanol–water partition coefficient (Wildman–Crippen LogP) is 2.63. The lowest BCUT2D eigenvalue weighted by Crippen LogP contribution is -2.19. The number of nitrogens with one attached hydrogen (secondary N) is 1. The number of benzene rings is 1. The molecule has 0 aliphatic heterocycles. The third-order valence-electron chi connectivity index (χ3n) is 3.00. The number of anilines is 2. The van der Waals surface area contributed by atoms with E-state index in [4.69, 9.17) is 0 Å². The summed E-state index contributed by atoms with van der Waals surface area (Å²) in [6.07, 6.45) is 2.35. The summed E-state index contributed by atoms with van der Waals surface area (Å²) >= 11 is 0. The average molecular weight is 235 g/mol. The summed E-state index contributed by atoms with van der Waals surface area (Å²) in [6, 6.07) is 5.73. The summed E-state index contributed by atoms with van der Waals surface area (Å²) in [6.45, 7) is 2.73. The zero-order chi connectivity index (χ0) is 12.4. The normalized spacial score (nSPS) is 14.5. The van der Waals surface area contributed by atoms with Crippen LogP contribution in [0.4, 0.5) is 17.1 Å². The van der Waals surface area contributed by atoms with E-state index >= 15 is 0 Å². The van der Waals surface area contributed by atoms with Crippen LogP contribution < -0.4 is 10.2 Å². The van der Waals surface area contributed by atoms with Gasteiger partial charge in [-0.25, -0.2) is 0 Å². The lowest BCUT2D eigenvalue weighted by atomic mass is 10.2. The van der Waals surface area contributed by atoms with Gasteiger partial charge in [-0.2, -0.15) is 0 Å². The van der Waals surface area contributed by atoms with Crippen molar-refractivity contribution in [1.82, 2.24) is 0 Å². The number of nitro benzene ring substituents is 1. The topological polar surface area (TPSA) is 58.4 Å². The first-order chi connectivity index (χ1) is 8.11. The minimum Gasteiger partial charge on any atom is -0.385 e. The molecule has 5 heteroatoms. The van der Waals surface area contributed by atoms with Crippen molar-refractivity contribution in [2.45, 2.75) is 25.8 Å². The van der Waals surface area contributed by atoms with Crippen molar-refractivity contribution < 1.29 is 4.92 Å². The Balaban J connectivity index is 2.32. The number of hydrogen-bond acceptors (Lipinski definition) is 4. The number of hydrogen-bond donors (Lipinski definition) is 1. The number of nitro groups is 1. The molecule has 0 atom stereocenters. The zero-order valence-corrected chi connectivity index (χ0v) is 10.1. The summed E-state index contributed by atoms with van der Waals surface area (Å²) in [4.78, 5) is 12.7. The fourth-order valence-electron chi connectivity index (χ4n) is 1.88. The second-order valence-corrected chi connectivity index (χ2v) is 4.37. The molecule has 0 saturated heterocycles. The van der Waals surface area contributed by atoms with Crippen molar-refractivity contribution >= 4 is 17.1 Å². The van der Waals surface area contributed by atoms with E-state index in [0.717, 1.165) is 17.9 Å². The lowest BCUT2D eigenvalue weighted by molar-refractivity contribution is -0.384.